The van der Waals surface area contributed by atoms with Gasteiger partial charge in [-0.2, -0.15) is 0 Å². The van der Waals surface area contributed by atoms with Crippen LogP contribution in [0.3, 0.4) is 0 Å². The van der Waals surface area contributed by atoms with E-state index in [0.717, 1.165) is 0 Å². The Kier molecular flexibility index (Phi) is 1.55. The fraction of sp³-hybridized carbons (Fsp3) is 0. The van der Waals surface area contributed by atoms with Crippen molar-refractivity contribution in [3.05, 3.63) is 12.7 Å². The second kappa shape index (κ2) is 2.70. The Balaban J connectivity index is 2.54. The van der Waals surface area contributed by atoms with Crippen molar-refractivity contribution in [2.45, 2.75) is 0 Å². The second-order valence-corrected chi connectivity index (χ2v) is 2.25. The molecule has 0 aliphatic carbocycles. The van der Waals surface area contributed by atoms with Crippen LogP contribution in [-0.4, -0.2) is 31.1 Å². The minimum atomic E-state index is -1.17. The van der Waals surface area contributed by atoms with Crippen LogP contribution in [0.25, 0.3) is 11.2 Å². The maximum Gasteiger partial charge on any atom is 0.410 e. The molecule has 0 saturated heterocycles. The second-order valence-electron chi connectivity index (χ2n) is 2.25. The number of fused-ring (bicyclic) bond motifs is 1. The normalized spacial score (nSPS) is 10.2. The van der Waals surface area contributed by atoms with Crippen LogP contribution in [-0.2, 0) is 0 Å². The lowest BCUT2D eigenvalue weighted by Crippen LogP contribution is -2.09. The monoisotopic (exact) mass is 179 g/mol. The smallest absolute Gasteiger partial charge is 0.410 e. The number of aromatic amines is 1. The SMILES string of the molecule is O=C(O)Nc1ncnc2nc[nH]c12. The number of nitrogens with zero attached hydrogens (tertiary/aromatic N) is 3. The Hall–Kier alpha value is -2.18. The van der Waals surface area contributed by atoms with Crippen LogP contribution in [0.2, 0.25) is 0 Å². The molecule has 0 saturated carbocycles. The molecule has 0 radical (unpaired) electrons. The Bertz CT molecular complexity index is 451. The summed E-state index contributed by atoms with van der Waals surface area (Å²) in [4.78, 5) is 24.5. The highest BCUT2D eigenvalue weighted by molar-refractivity contribution is 5.92. The van der Waals surface area contributed by atoms with Gasteiger partial charge in [-0.3, -0.25) is 5.32 Å². The standard InChI is InChI=1S/C6H5N5O2/c12-6(13)11-5-3-4(8-1-7-3)9-2-10-5/h1-2H,(H,12,13)(H2,7,8,9,10,11). The summed E-state index contributed by atoms with van der Waals surface area (Å²) in [5.41, 5.74) is 0.906. The van der Waals surface area contributed by atoms with E-state index in [4.69, 9.17) is 5.11 Å². The van der Waals surface area contributed by atoms with Crippen LogP contribution < -0.4 is 5.32 Å². The molecule has 2 heterocycles. The molecule has 0 bridgehead atoms. The van der Waals surface area contributed by atoms with Gasteiger partial charge in [-0.05, 0) is 0 Å². The molecular weight excluding hydrogens is 174 g/mol. The van der Waals surface area contributed by atoms with Gasteiger partial charge in [-0.25, -0.2) is 19.7 Å². The van der Waals surface area contributed by atoms with Gasteiger partial charge in [-0.1, -0.05) is 0 Å². The van der Waals surface area contributed by atoms with Gasteiger partial charge in [0.15, 0.2) is 11.5 Å². The highest BCUT2D eigenvalue weighted by Gasteiger charge is 2.06. The van der Waals surface area contributed by atoms with E-state index in [9.17, 15) is 4.79 Å². The Morgan fingerprint density at radius 3 is 3.08 bits per heavy atom. The largest absolute Gasteiger partial charge is 0.465 e. The lowest BCUT2D eigenvalue weighted by molar-refractivity contribution is 0.209. The number of carboxylic acid groups (broad SMARTS) is 1. The lowest BCUT2D eigenvalue weighted by Gasteiger charge is -1.98. The molecule has 66 valence electrons. The molecule has 0 unspecified atom stereocenters. The Morgan fingerprint density at radius 1 is 1.46 bits per heavy atom. The number of anilines is 1. The molecular formula is C6H5N5O2. The van der Waals surface area contributed by atoms with E-state index >= 15 is 0 Å². The van der Waals surface area contributed by atoms with Crippen molar-refractivity contribution in [1.82, 2.24) is 19.9 Å². The molecule has 7 heteroatoms. The molecule has 7 nitrogen and oxygen atoms in total. The van der Waals surface area contributed by atoms with Gasteiger partial charge in [0.05, 0.1) is 6.33 Å². The van der Waals surface area contributed by atoms with Crippen molar-refractivity contribution in [3.8, 4) is 0 Å². The van der Waals surface area contributed by atoms with E-state index in [1.165, 1.54) is 12.7 Å². The third-order valence-electron chi connectivity index (χ3n) is 1.45. The molecule has 2 aromatic rings. The molecule has 13 heavy (non-hydrogen) atoms. The molecule has 2 rings (SSSR count). The van der Waals surface area contributed by atoms with Crippen molar-refractivity contribution in [2.24, 2.45) is 0 Å². The summed E-state index contributed by atoms with van der Waals surface area (Å²) in [6.07, 6.45) is 1.50. The fourth-order valence-corrected chi connectivity index (χ4v) is 0.961. The zero-order valence-electron chi connectivity index (χ0n) is 6.35. The number of aromatic nitrogens is 4. The summed E-state index contributed by atoms with van der Waals surface area (Å²) in [5.74, 6) is 0.204. The van der Waals surface area contributed by atoms with Crippen molar-refractivity contribution in [1.29, 1.82) is 0 Å². The summed E-state index contributed by atoms with van der Waals surface area (Å²) in [7, 11) is 0. The molecule has 0 spiro atoms. The van der Waals surface area contributed by atoms with Crippen molar-refractivity contribution < 1.29 is 9.90 Å². The highest BCUT2D eigenvalue weighted by atomic mass is 16.4. The number of carbonyl (C=O) groups is 1. The molecule has 0 atom stereocenters. The average Bonchev–Trinajstić information content (AvgIpc) is 2.51. The predicted octanol–water partition coefficient (Wildman–Crippen LogP) is 0.443. The van der Waals surface area contributed by atoms with E-state index < -0.39 is 6.09 Å². The van der Waals surface area contributed by atoms with Crippen LogP contribution in [0.1, 0.15) is 0 Å². The van der Waals surface area contributed by atoms with Crippen molar-refractivity contribution in [3.63, 3.8) is 0 Å². The summed E-state index contributed by atoms with van der Waals surface area (Å²) in [5, 5.41) is 10.6. The maximum atomic E-state index is 10.3. The summed E-state index contributed by atoms with van der Waals surface area (Å²) >= 11 is 0. The molecule has 0 aromatic carbocycles. The number of nitrogens with one attached hydrogen (secondary N) is 2. The quantitative estimate of drug-likeness (QED) is 0.589. The number of imidazole rings is 1. The molecule has 1 amide bonds. The lowest BCUT2D eigenvalue weighted by atomic mass is 10.5. The number of rotatable bonds is 1. The summed E-state index contributed by atoms with van der Waals surface area (Å²) < 4.78 is 0. The van der Waals surface area contributed by atoms with Crippen LogP contribution in [0.15, 0.2) is 12.7 Å². The molecule has 0 aliphatic heterocycles. The number of hydrogen-bond donors (Lipinski definition) is 3. The first-order valence-corrected chi connectivity index (χ1v) is 3.41. The summed E-state index contributed by atoms with van der Waals surface area (Å²) in [6, 6.07) is 0. The van der Waals surface area contributed by atoms with Crippen molar-refractivity contribution >= 4 is 23.1 Å². The highest BCUT2D eigenvalue weighted by Crippen LogP contribution is 2.13. The van der Waals surface area contributed by atoms with E-state index in [1.54, 1.807) is 0 Å². The third kappa shape index (κ3) is 1.26. The number of H-pyrrole nitrogens is 1. The van der Waals surface area contributed by atoms with Gasteiger partial charge >= 0.3 is 6.09 Å². The molecule has 2 aromatic heterocycles. The van der Waals surface area contributed by atoms with E-state index in [2.05, 4.69) is 25.3 Å². The zero-order valence-corrected chi connectivity index (χ0v) is 6.35. The van der Waals surface area contributed by atoms with Crippen LogP contribution >= 0.6 is 0 Å². The van der Waals surface area contributed by atoms with E-state index in [1.807, 2.05) is 0 Å². The third-order valence-corrected chi connectivity index (χ3v) is 1.45. The van der Waals surface area contributed by atoms with E-state index in [-0.39, 0.29) is 5.82 Å². The first-order valence-electron chi connectivity index (χ1n) is 3.41. The van der Waals surface area contributed by atoms with E-state index in [0.29, 0.717) is 11.2 Å². The topological polar surface area (TPSA) is 104 Å². The minimum absolute atomic E-state index is 0.204. The number of hydrogen-bond acceptors (Lipinski definition) is 4. The molecule has 0 aliphatic rings. The number of amides is 1. The van der Waals surface area contributed by atoms with Gasteiger partial charge in [-0.15, -0.1) is 0 Å². The first-order chi connectivity index (χ1) is 6.27. The Morgan fingerprint density at radius 2 is 2.31 bits per heavy atom. The van der Waals surface area contributed by atoms with Crippen LogP contribution in [0.5, 0.6) is 0 Å². The van der Waals surface area contributed by atoms with Gasteiger partial charge in [0.1, 0.15) is 11.8 Å². The van der Waals surface area contributed by atoms with Crippen LogP contribution in [0, 0.1) is 0 Å². The zero-order chi connectivity index (χ0) is 9.26. The minimum Gasteiger partial charge on any atom is -0.465 e. The van der Waals surface area contributed by atoms with Gasteiger partial charge in [0.25, 0.3) is 0 Å². The fourth-order valence-electron chi connectivity index (χ4n) is 0.961. The maximum absolute atomic E-state index is 10.3. The molecule has 3 N–H and O–H groups in total. The first kappa shape index (κ1) is 7.47. The Labute approximate surface area is 71.9 Å². The van der Waals surface area contributed by atoms with Crippen molar-refractivity contribution in [2.75, 3.05) is 5.32 Å². The van der Waals surface area contributed by atoms with Gasteiger partial charge in [0.2, 0.25) is 0 Å². The van der Waals surface area contributed by atoms with Gasteiger partial charge in [0, 0.05) is 0 Å². The van der Waals surface area contributed by atoms with Gasteiger partial charge < -0.3 is 10.1 Å². The predicted molar refractivity (Wildman–Crippen MR) is 43.3 cm³/mol. The van der Waals surface area contributed by atoms with Crippen LogP contribution in [0.4, 0.5) is 10.6 Å². The average molecular weight is 179 g/mol. The molecule has 0 fully saturated rings. The summed E-state index contributed by atoms with van der Waals surface area (Å²) in [6.45, 7) is 0.